The van der Waals surface area contributed by atoms with Crippen LogP contribution in [0.5, 0.6) is 0 Å². The fourth-order valence-corrected chi connectivity index (χ4v) is 0.203. The Labute approximate surface area is 54.0 Å². The molecule has 0 amide bonds. The largest absolute Gasteiger partial charge is 0.298 e. The molecule has 0 bridgehead atoms. The van der Waals surface area contributed by atoms with Crippen LogP contribution in [0, 0.1) is 0 Å². The summed E-state index contributed by atoms with van der Waals surface area (Å²) in [5, 5.41) is 0. The Hall–Kier alpha value is -1.47. The molecule has 1 nitrogen and oxygen atoms in total. The SMILES string of the molecule is C=C=C=C=C=C(C)C=O. The number of carbonyl (C=O) groups is 1. The Morgan fingerprint density at radius 3 is 2.67 bits per heavy atom. The predicted octanol–water partition coefficient (Wildman–Crippen LogP) is 1.38. The van der Waals surface area contributed by atoms with E-state index in [9.17, 15) is 4.79 Å². The van der Waals surface area contributed by atoms with Crippen molar-refractivity contribution in [2.24, 2.45) is 0 Å². The summed E-state index contributed by atoms with van der Waals surface area (Å²) < 4.78 is 0. The molecule has 0 aromatic carbocycles. The summed E-state index contributed by atoms with van der Waals surface area (Å²) >= 11 is 0. The number of rotatable bonds is 1. The van der Waals surface area contributed by atoms with E-state index >= 15 is 0 Å². The summed E-state index contributed by atoms with van der Waals surface area (Å²) in [5.74, 6) is 0. The summed E-state index contributed by atoms with van der Waals surface area (Å²) in [5.41, 5.74) is 10.2. The van der Waals surface area contributed by atoms with Crippen molar-refractivity contribution in [3.63, 3.8) is 0 Å². The fourth-order valence-electron chi connectivity index (χ4n) is 0.203. The highest BCUT2D eigenvalue weighted by molar-refractivity contribution is 5.71. The van der Waals surface area contributed by atoms with Crippen molar-refractivity contribution >= 4 is 6.29 Å². The van der Waals surface area contributed by atoms with Gasteiger partial charge >= 0.3 is 0 Å². The molecule has 0 fully saturated rings. The van der Waals surface area contributed by atoms with Crippen LogP contribution in [-0.2, 0) is 4.79 Å². The number of hydrogen-bond acceptors (Lipinski definition) is 1. The van der Waals surface area contributed by atoms with Crippen LogP contribution in [0.15, 0.2) is 35.1 Å². The van der Waals surface area contributed by atoms with Crippen molar-refractivity contribution in [1.29, 1.82) is 0 Å². The third kappa shape index (κ3) is 4.38. The smallest absolute Gasteiger partial charge is 0.154 e. The molecule has 0 aliphatic rings. The first-order chi connectivity index (χ1) is 4.31. The van der Waals surface area contributed by atoms with Crippen molar-refractivity contribution in [2.75, 3.05) is 0 Å². The van der Waals surface area contributed by atoms with Crippen LogP contribution in [0.25, 0.3) is 0 Å². The summed E-state index contributed by atoms with van der Waals surface area (Å²) in [6.07, 6.45) is 0.692. The van der Waals surface area contributed by atoms with Crippen LogP contribution in [0.1, 0.15) is 6.92 Å². The molecule has 9 heavy (non-hydrogen) atoms. The molecular formula is C8H6O. The molecule has 44 valence electrons. The number of aldehydes is 1. The highest BCUT2D eigenvalue weighted by Gasteiger charge is 1.72. The van der Waals surface area contributed by atoms with Gasteiger partial charge in [-0.25, -0.2) is 0 Å². The summed E-state index contributed by atoms with van der Waals surface area (Å²) in [4.78, 5) is 9.90. The highest BCUT2D eigenvalue weighted by Crippen LogP contribution is 1.76. The second kappa shape index (κ2) is 4.68. The zero-order valence-corrected chi connectivity index (χ0v) is 5.19. The average molecular weight is 118 g/mol. The van der Waals surface area contributed by atoms with Crippen molar-refractivity contribution in [1.82, 2.24) is 0 Å². The molecule has 0 aromatic rings. The third-order valence-corrected chi connectivity index (χ3v) is 0.587. The zero-order valence-electron chi connectivity index (χ0n) is 5.19. The monoisotopic (exact) mass is 118 g/mol. The average Bonchev–Trinajstić information content (AvgIpc) is 1.89. The molecule has 0 rings (SSSR count). The maximum Gasteiger partial charge on any atom is 0.154 e. The lowest BCUT2D eigenvalue weighted by atomic mass is 10.4. The standard InChI is InChI=1S/C8H6O/c1-3-4-5-6-8(2)7-9/h7H,1H2,2H3. The van der Waals surface area contributed by atoms with Crippen LogP contribution in [0.3, 0.4) is 0 Å². The maximum absolute atomic E-state index is 9.90. The van der Waals surface area contributed by atoms with Gasteiger partial charge in [0.15, 0.2) is 6.29 Å². The molecule has 0 atom stereocenters. The van der Waals surface area contributed by atoms with Gasteiger partial charge in [-0.2, -0.15) is 0 Å². The summed E-state index contributed by atoms with van der Waals surface area (Å²) in [6, 6.07) is 0. The highest BCUT2D eigenvalue weighted by atomic mass is 16.1. The molecule has 0 aliphatic heterocycles. The third-order valence-electron chi connectivity index (χ3n) is 0.587. The van der Waals surface area contributed by atoms with Gasteiger partial charge in [-0.05, 0) is 25.0 Å². The van der Waals surface area contributed by atoms with E-state index in [2.05, 4.69) is 29.5 Å². The minimum absolute atomic E-state index is 0.484. The maximum atomic E-state index is 9.90. The fraction of sp³-hybridized carbons (Fsp3) is 0.125. The molecule has 0 unspecified atom stereocenters. The van der Waals surface area contributed by atoms with Crippen molar-refractivity contribution in [3.8, 4) is 0 Å². The quantitative estimate of drug-likeness (QED) is 0.289. The molecule has 0 N–H and O–H groups in total. The predicted molar refractivity (Wildman–Crippen MR) is 34.9 cm³/mol. The number of hydrogen-bond donors (Lipinski definition) is 0. The lowest BCUT2D eigenvalue weighted by Gasteiger charge is -1.67. The topological polar surface area (TPSA) is 17.1 Å². The Morgan fingerprint density at radius 2 is 2.22 bits per heavy atom. The molecule has 0 saturated heterocycles. The van der Waals surface area contributed by atoms with E-state index in [1.807, 2.05) is 0 Å². The van der Waals surface area contributed by atoms with Gasteiger partial charge in [0.05, 0.1) is 0 Å². The lowest BCUT2D eigenvalue weighted by molar-refractivity contribution is -0.104. The minimum atomic E-state index is 0.484. The van der Waals surface area contributed by atoms with E-state index in [-0.39, 0.29) is 0 Å². The molecular weight excluding hydrogens is 112 g/mol. The second-order valence-corrected chi connectivity index (χ2v) is 1.35. The Balaban J connectivity index is 4.86. The Morgan fingerprint density at radius 1 is 1.56 bits per heavy atom. The first-order valence-electron chi connectivity index (χ1n) is 2.38. The first-order valence-corrected chi connectivity index (χ1v) is 2.38. The molecule has 0 saturated carbocycles. The molecule has 0 radical (unpaired) electrons. The number of carbonyl (C=O) groups excluding carboxylic acids is 1. The van der Waals surface area contributed by atoms with Gasteiger partial charge in [0, 0.05) is 5.57 Å². The van der Waals surface area contributed by atoms with Crippen LogP contribution in [0.4, 0.5) is 0 Å². The second-order valence-electron chi connectivity index (χ2n) is 1.35. The Bertz CT molecular complexity index is 248. The van der Waals surface area contributed by atoms with Gasteiger partial charge < -0.3 is 0 Å². The summed E-state index contributed by atoms with van der Waals surface area (Å²) in [7, 11) is 0. The molecule has 0 aromatic heterocycles. The van der Waals surface area contributed by atoms with Crippen molar-refractivity contribution in [2.45, 2.75) is 6.92 Å². The van der Waals surface area contributed by atoms with Crippen LogP contribution >= 0.6 is 0 Å². The normalized spacial score (nSPS) is 5.44. The summed E-state index contributed by atoms with van der Waals surface area (Å²) in [6.45, 7) is 4.88. The zero-order chi connectivity index (χ0) is 7.11. The van der Waals surface area contributed by atoms with E-state index in [0.29, 0.717) is 11.9 Å². The lowest BCUT2D eigenvalue weighted by Crippen LogP contribution is -1.67. The molecule has 0 aliphatic carbocycles. The van der Waals surface area contributed by atoms with E-state index in [0.717, 1.165) is 0 Å². The van der Waals surface area contributed by atoms with Gasteiger partial charge in [0.2, 0.25) is 0 Å². The van der Waals surface area contributed by atoms with Crippen LogP contribution in [-0.4, -0.2) is 6.29 Å². The minimum Gasteiger partial charge on any atom is -0.298 e. The van der Waals surface area contributed by atoms with E-state index in [1.165, 1.54) is 0 Å². The van der Waals surface area contributed by atoms with Gasteiger partial charge in [-0.3, -0.25) is 4.79 Å². The van der Waals surface area contributed by atoms with Gasteiger partial charge in [-0.15, -0.1) is 0 Å². The molecule has 0 heterocycles. The molecule has 0 spiro atoms. The van der Waals surface area contributed by atoms with E-state index < -0.39 is 0 Å². The van der Waals surface area contributed by atoms with Crippen LogP contribution in [0.2, 0.25) is 0 Å². The molecule has 1 heteroatoms. The van der Waals surface area contributed by atoms with Crippen LogP contribution < -0.4 is 0 Å². The van der Waals surface area contributed by atoms with E-state index in [4.69, 9.17) is 0 Å². The van der Waals surface area contributed by atoms with Crippen molar-refractivity contribution < 1.29 is 4.79 Å². The first kappa shape index (κ1) is 7.53. The van der Waals surface area contributed by atoms with E-state index in [1.54, 1.807) is 6.92 Å². The van der Waals surface area contributed by atoms with Gasteiger partial charge in [0.25, 0.3) is 0 Å². The van der Waals surface area contributed by atoms with Gasteiger partial charge in [0.1, 0.15) is 0 Å². The van der Waals surface area contributed by atoms with Gasteiger partial charge in [-0.1, -0.05) is 11.5 Å². The number of allylic oxidation sites excluding steroid dienone is 1. The van der Waals surface area contributed by atoms with Crippen molar-refractivity contribution in [3.05, 3.63) is 35.1 Å². The Kier molecular flexibility index (Phi) is 3.92.